The van der Waals surface area contributed by atoms with Crippen molar-refractivity contribution in [2.45, 2.75) is 19.3 Å². The molecule has 0 amide bonds. The summed E-state index contributed by atoms with van der Waals surface area (Å²) in [6, 6.07) is 0. The minimum Gasteiger partial charge on any atom is -0.0879 e. The third-order valence-corrected chi connectivity index (χ3v) is 1.77. The van der Waals surface area contributed by atoms with Crippen LogP contribution < -0.4 is 0 Å². The van der Waals surface area contributed by atoms with Gasteiger partial charge in [0.15, 0.2) is 0 Å². The number of hydrogen-bond donors (Lipinski definition) is 0. The fourth-order valence-electron chi connectivity index (χ4n) is 1.07. The van der Waals surface area contributed by atoms with E-state index in [1.54, 1.807) is 0 Å². The molecule has 0 fully saturated rings. The third-order valence-electron chi connectivity index (χ3n) is 1.77. The van der Waals surface area contributed by atoms with Crippen LogP contribution in [0.3, 0.4) is 0 Å². The third kappa shape index (κ3) is 5.92. The Balaban J connectivity index is 2.50. The smallest absolute Gasteiger partial charge is 0.0166 e. The second-order valence-corrected chi connectivity index (χ2v) is 2.91. The van der Waals surface area contributed by atoms with Crippen molar-refractivity contribution in [2.24, 2.45) is 0 Å². The van der Waals surface area contributed by atoms with Crippen molar-refractivity contribution in [3.05, 3.63) is 60.8 Å². The Morgan fingerprint density at radius 1 is 0.462 bits per heavy atom. The summed E-state index contributed by atoms with van der Waals surface area (Å²) in [5, 5.41) is 0. The zero-order valence-electron chi connectivity index (χ0n) is 7.89. The van der Waals surface area contributed by atoms with Crippen molar-refractivity contribution in [1.82, 2.24) is 0 Å². The van der Waals surface area contributed by atoms with Gasteiger partial charge < -0.3 is 0 Å². The van der Waals surface area contributed by atoms with E-state index in [9.17, 15) is 0 Å². The summed E-state index contributed by atoms with van der Waals surface area (Å²) in [4.78, 5) is 0. The van der Waals surface area contributed by atoms with E-state index in [0.717, 1.165) is 19.3 Å². The Hall–Kier alpha value is -1.30. The molecule has 0 unspecified atom stereocenters. The van der Waals surface area contributed by atoms with Crippen LogP contribution >= 0.6 is 0 Å². The van der Waals surface area contributed by atoms with Gasteiger partial charge in [0.05, 0.1) is 0 Å². The minimum absolute atomic E-state index is 1.04. The highest BCUT2D eigenvalue weighted by molar-refractivity contribution is 5.16. The van der Waals surface area contributed by atoms with Gasteiger partial charge in [-0.3, -0.25) is 0 Å². The maximum absolute atomic E-state index is 2.24. The van der Waals surface area contributed by atoms with Gasteiger partial charge in [0.1, 0.15) is 0 Å². The van der Waals surface area contributed by atoms with Crippen LogP contribution in [0.1, 0.15) is 19.3 Å². The first kappa shape index (κ1) is 9.79. The molecule has 0 aliphatic heterocycles. The van der Waals surface area contributed by atoms with E-state index in [0.29, 0.717) is 0 Å². The molecule has 0 aromatic heterocycles. The molecule has 0 saturated carbocycles. The van der Waals surface area contributed by atoms with Gasteiger partial charge in [-0.2, -0.15) is 0 Å². The molecule has 0 heterocycles. The van der Waals surface area contributed by atoms with Crippen LogP contribution in [-0.2, 0) is 0 Å². The molecule has 13 heavy (non-hydrogen) atoms. The molecule has 0 nitrogen and oxygen atoms in total. The van der Waals surface area contributed by atoms with Crippen LogP contribution in [0.2, 0.25) is 0 Å². The molecule has 1 rings (SSSR count). The lowest BCUT2D eigenvalue weighted by Crippen LogP contribution is -1.64. The van der Waals surface area contributed by atoms with Gasteiger partial charge in [-0.25, -0.2) is 0 Å². The van der Waals surface area contributed by atoms with Crippen LogP contribution in [0.25, 0.3) is 0 Å². The zero-order chi connectivity index (χ0) is 9.19. The van der Waals surface area contributed by atoms with Gasteiger partial charge in [0, 0.05) is 0 Å². The van der Waals surface area contributed by atoms with Crippen LogP contribution in [0.4, 0.5) is 0 Å². The van der Waals surface area contributed by atoms with Gasteiger partial charge >= 0.3 is 0 Å². The van der Waals surface area contributed by atoms with Crippen molar-refractivity contribution in [2.75, 3.05) is 0 Å². The molecule has 68 valence electrons. The molecule has 0 atom stereocenters. The molecule has 0 radical (unpaired) electrons. The highest BCUT2D eigenvalue weighted by Crippen LogP contribution is 1.96. The Kier molecular flexibility index (Phi) is 5.54. The standard InChI is InChI=1S/C13H16/c1-2-4-6-8-10-12-13-11-9-7-5-3-1/h1-8,11,13H,9-10,12H2/b3-1?,4-2-,7-5?,8-6+,13-11-. The molecule has 0 aromatic rings. The fourth-order valence-corrected chi connectivity index (χ4v) is 1.07. The molecule has 0 spiro atoms. The predicted molar refractivity (Wildman–Crippen MR) is 59.6 cm³/mol. The SMILES string of the molecule is C1=C/C=C\C=C\CC/C=C\CC=C1. The lowest BCUT2D eigenvalue weighted by Gasteiger charge is -1.84. The van der Waals surface area contributed by atoms with E-state index in [2.05, 4.69) is 48.6 Å². The Labute approximate surface area is 80.7 Å². The van der Waals surface area contributed by atoms with Crippen LogP contribution in [0, 0.1) is 0 Å². The fraction of sp³-hybridized carbons (Fsp3) is 0.231. The predicted octanol–water partition coefficient (Wildman–Crippen LogP) is 3.95. The lowest BCUT2D eigenvalue weighted by atomic mass is 10.2. The van der Waals surface area contributed by atoms with E-state index in [4.69, 9.17) is 0 Å². The number of allylic oxidation sites excluding steroid dienone is 10. The van der Waals surface area contributed by atoms with E-state index in [-0.39, 0.29) is 0 Å². The maximum Gasteiger partial charge on any atom is -0.0166 e. The quantitative estimate of drug-likeness (QED) is 0.485. The molecule has 1 aliphatic carbocycles. The Bertz CT molecular complexity index is 249. The molecular weight excluding hydrogens is 156 g/mol. The molecule has 1 aliphatic rings. The first-order chi connectivity index (χ1) is 6.50. The minimum atomic E-state index is 1.04. The molecule has 0 aromatic carbocycles. The van der Waals surface area contributed by atoms with Gasteiger partial charge in [0.25, 0.3) is 0 Å². The maximum atomic E-state index is 2.24. The van der Waals surface area contributed by atoms with Crippen LogP contribution in [-0.4, -0.2) is 0 Å². The average molecular weight is 172 g/mol. The molecule has 0 saturated heterocycles. The number of hydrogen-bond acceptors (Lipinski definition) is 0. The molecule has 0 N–H and O–H groups in total. The van der Waals surface area contributed by atoms with Gasteiger partial charge in [-0.1, -0.05) is 60.8 Å². The largest absolute Gasteiger partial charge is 0.0879 e. The van der Waals surface area contributed by atoms with E-state index >= 15 is 0 Å². The van der Waals surface area contributed by atoms with Gasteiger partial charge in [0.2, 0.25) is 0 Å². The van der Waals surface area contributed by atoms with E-state index < -0.39 is 0 Å². The summed E-state index contributed by atoms with van der Waals surface area (Å²) in [7, 11) is 0. The monoisotopic (exact) mass is 172 g/mol. The topological polar surface area (TPSA) is 0 Å². The van der Waals surface area contributed by atoms with Crippen molar-refractivity contribution in [3.8, 4) is 0 Å². The Morgan fingerprint density at radius 3 is 1.92 bits per heavy atom. The summed E-state index contributed by atoms with van der Waals surface area (Å²) >= 11 is 0. The van der Waals surface area contributed by atoms with Crippen molar-refractivity contribution in [1.29, 1.82) is 0 Å². The summed E-state index contributed by atoms with van der Waals surface area (Å²) in [5.41, 5.74) is 0. The highest BCUT2D eigenvalue weighted by atomic mass is 13.8. The summed E-state index contributed by atoms with van der Waals surface area (Å²) < 4.78 is 0. The summed E-state index contributed by atoms with van der Waals surface area (Å²) in [6.45, 7) is 0. The van der Waals surface area contributed by atoms with Crippen molar-refractivity contribution in [3.63, 3.8) is 0 Å². The second-order valence-electron chi connectivity index (χ2n) is 2.91. The summed E-state index contributed by atoms with van der Waals surface area (Å²) in [5.74, 6) is 0. The average Bonchev–Trinajstić information content (AvgIpc) is 2.18. The van der Waals surface area contributed by atoms with Crippen molar-refractivity contribution >= 4 is 0 Å². The summed E-state index contributed by atoms with van der Waals surface area (Å²) in [6.07, 6.45) is 24.5. The zero-order valence-corrected chi connectivity index (χ0v) is 7.89. The van der Waals surface area contributed by atoms with Crippen molar-refractivity contribution < 1.29 is 0 Å². The Morgan fingerprint density at radius 2 is 1.08 bits per heavy atom. The number of rotatable bonds is 0. The van der Waals surface area contributed by atoms with Gasteiger partial charge in [-0.05, 0) is 19.3 Å². The van der Waals surface area contributed by atoms with Crippen LogP contribution in [0.15, 0.2) is 60.8 Å². The second kappa shape index (κ2) is 7.35. The molecule has 0 bridgehead atoms. The molecule has 0 heteroatoms. The normalized spacial score (nSPS) is 25.2. The van der Waals surface area contributed by atoms with E-state index in [1.165, 1.54) is 0 Å². The highest BCUT2D eigenvalue weighted by Gasteiger charge is 1.76. The van der Waals surface area contributed by atoms with Gasteiger partial charge in [-0.15, -0.1) is 0 Å². The molecular formula is C13H16. The van der Waals surface area contributed by atoms with E-state index in [1.807, 2.05) is 12.2 Å². The lowest BCUT2D eigenvalue weighted by molar-refractivity contribution is 1.04. The van der Waals surface area contributed by atoms with Crippen LogP contribution in [0.5, 0.6) is 0 Å². The first-order valence-corrected chi connectivity index (χ1v) is 4.80. The first-order valence-electron chi connectivity index (χ1n) is 4.80.